The molecular formula is C20H18FN3O5S2. The average molecular weight is 464 g/mol. The number of carbonyl (C=O) groups excluding carboxylic acids is 1. The minimum absolute atomic E-state index is 0.0194. The van der Waals surface area contributed by atoms with Gasteiger partial charge in [0.25, 0.3) is 15.9 Å². The number of aromatic hydroxyl groups is 1. The quantitative estimate of drug-likeness (QED) is 0.605. The van der Waals surface area contributed by atoms with E-state index in [1.165, 1.54) is 27.8 Å². The molecule has 11 heteroatoms. The normalized spacial score (nSPS) is 13.9. The predicted octanol–water partition coefficient (Wildman–Crippen LogP) is 2.52. The van der Waals surface area contributed by atoms with Crippen LogP contribution in [0, 0.1) is 12.7 Å². The first-order valence-corrected chi connectivity index (χ1v) is 11.6. The third-order valence-corrected chi connectivity index (χ3v) is 7.72. The number of benzene rings is 1. The zero-order valence-electron chi connectivity index (χ0n) is 16.3. The zero-order chi connectivity index (χ0) is 22.3. The lowest BCUT2D eigenvalue weighted by atomic mass is 10.1. The minimum Gasteiger partial charge on any atom is -0.502 e. The van der Waals surface area contributed by atoms with E-state index in [0.717, 1.165) is 11.3 Å². The van der Waals surface area contributed by atoms with Crippen LogP contribution in [0.3, 0.4) is 0 Å². The lowest BCUT2D eigenvalue weighted by Gasteiger charge is -2.30. The Labute approximate surface area is 181 Å². The first-order valence-electron chi connectivity index (χ1n) is 9.24. The summed E-state index contributed by atoms with van der Waals surface area (Å²) >= 11 is 0.985. The molecule has 1 aliphatic rings. The summed E-state index contributed by atoms with van der Waals surface area (Å²) in [7, 11) is -3.99. The highest BCUT2D eigenvalue weighted by Crippen LogP contribution is 2.25. The van der Waals surface area contributed by atoms with Gasteiger partial charge in [-0.2, -0.15) is 0 Å². The molecular weight excluding hydrogens is 445 g/mol. The van der Waals surface area contributed by atoms with E-state index in [9.17, 15) is 27.5 Å². The first-order chi connectivity index (χ1) is 14.7. The molecule has 3 heterocycles. The second kappa shape index (κ2) is 7.82. The Kier molecular flexibility index (Phi) is 5.31. The van der Waals surface area contributed by atoms with E-state index in [0.29, 0.717) is 11.1 Å². The van der Waals surface area contributed by atoms with Crippen LogP contribution in [0.5, 0.6) is 5.75 Å². The molecule has 162 valence electrons. The molecule has 0 atom stereocenters. The fourth-order valence-electron chi connectivity index (χ4n) is 3.39. The summed E-state index contributed by atoms with van der Waals surface area (Å²) in [6, 6.07) is 7.47. The fourth-order valence-corrected chi connectivity index (χ4v) is 5.43. The molecule has 0 fully saturated rings. The van der Waals surface area contributed by atoms with Crippen molar-refractivity contribution < 1.29 is 22.7 Å². The van der Waals surface area contributed by atoms with Gasteiger partial charge >= 0.3 is 0 Å². The van der Waals surface area contributed by atoms with Gasteiger partial charge in [-0.3, -0.25) is 14.3 Å². The van der Waals surface area contributed by atoms with Gasteiger partial charge in [0.1, 0.15) is 15.7 Å². The highest BCUT2D eigenvalue weighted by molar-refractivity contribution is 7.94. The zero-order valence-corrected chi connectivity index (χ0v) is 18.0. The maximum atomic E-state index is 13.5. The number of aromatic nitrogens is 1. The molecule has 1 aliphatic heterocycles. The Morgan fingerprint density at radius 1 is 1.23 bits per heavy atom. The molecule has 3 aromatic rings. The van der Waals surface area contributed by atoms with Gasteiger partial charge in [0.2, 0.25) is 5.43 Å². The monoisotopic (exact) mass is 463 g/mol. The molecule has 4 rings (SSSR count). The largest absolute Gasteiger partial charge is 0.502 e. The molecule has 2 N–H and O–H groups in total. The van der Waals surface area contributed by atoms with E-state index in [4.69, 9.17) is 0 Å². The van der Waals surface area contributed by atoms with Crippen molar-refractivity contribution in [2.24, 2.45) is 0 Å². The molecule has 0 saturated heterocycles. The van der Waals surface area contributed by atoms with Crippen molar-refractivity contribution in [1.29, 1.82) is 0 Å². The SMILES string of the molecule is Cc1cc(CN2CCn3cc(NS(=O)(=O)c4cccs4)c(=O)c(O)c3C2=O)ccc1F. The summed E-state index contributed by atoms with van der Waals surface area (Å²) in [5.74, 6) is -1.74. The maximum Gasteiger partial charge on any atom is 0.274 e. The van der Waals surface area contributed by atoms with Crippen molar-refractivity contribution >= 4 is 33.0 Å². The third-order valence-electron chi connectivity index (χ3n) is 4.96. The van der Waals surface area contributed by atoms with Crippen molar-refractivity contribution in [2.45, 2.75) is 24.2 Å². The second-order valence-electron chi connectivity index (χ2n) is 7.11. The van der Waals surface area contributed by atoms with E-state index in [2.05, 4.69) is 4.72 Å². The maximum absolute atomic E-state index is 13.5. The van der Waals surface area contributed by atoms with Gasteiger partial charge in [0, 0.05) is 25.8 Å². The van der Waals surface area contributed by atoms with Gasteiger partial charge in [0.05, 0.1) is 0 Å². The van der Waals surface area contributed by atoms with Crippen LogP contribution in [0.2, 0.25) is 0 Å². The van der Waals surface area contributed by atoms with Crippen molar-refractivity contribution in [3.8, 4) is 5.75 Å². The van der Waals surface area contributed by atoms with Crippen LogP contribution in [0.25, 0.3) is 0 Å². The number of anilines is 1. The van der Waals surface area contributed by atoms with Crippen molar-refractivity contribution in [3.63, 3.8) is 0 Å². The molecule has 0 saturated carbocycles. The van der Waals surface area contributed by atoms with Crippen LogP contribution in [-0.4, -0.2) is 35.4 Å². The summed E-state index contributed by atoms with van der Waals surface area (Å²) < 4.78 is 41.9. The fraction of sp³-hybridized carbons (Fsp3) is 0.200. The molecule has 8 nitrogen and oxygen atoms in total. The summed E-state index contributed by atoms with van der Waals surface area (Å²) in [6.45, 7) is 2.31. The number of aryl methyl sites for hydroxylation is 1. The van der Waals surface area contributed by atoms with Crippen molar-refractivity contribution in [1.82, 2.24) is 9.47 Å². The number of carbonyl (C=O) groups is 1. The van der Waals surface area contributed by atoms with Gasteiger partial charge in [-0.1, -0.05) is 18.2 Å². The minimum atomic E-state index is -3.99. The molecule has 0 spiro atoms. The van der Waals surface area contributed by atoms with Gasteiger partial charge in [-0.15, -0.1) is 11.3 Å². The summed E-state index contributed by atoms with van der Waals surface area (Å²) in [4.78, 5) is 26.9. The first kappa shape index (κ1) is 21.1. The van der Waals surface area contributed by atoms with E-state index in [-0.39, 0.29) is 41.0 Å². The number of amides is 1. The van der Waals surface area contributed by atoms with Crippen molar-refractivity contribution in [3.05, 3.63) is 74.8 Å². The topological polar surface area (TPSA) is 109 Å². The molecule has 31 heavy (non-hydrogen) atoms. The number of hydrogen-bond acceptors (Lipinski definition) is 6. The lowest BCUT2D eigenvalue weighted by molar-refractivity contribution is 0.0683. The number of thiophene rings is 1. The van der Waals surface area contributed by atoms with Crippen LogP contribution < -0.4 is 10.2 Å². The molecule has 0 aliphatic carbocycles. The number of nitrogens with zero attached hydrogens (tertiary/aromatic N) is 2. The van der Waals surface area contributed by atoms with Crippen molar-refractivity contribution in [2.75, 3.05) is 11.3 Å². The molecule has 0 radical (unpaired) electrons. The molecule has 1 amide bonds. The van der Waals surface area contributed by atoms with E-state index in [1.807, 2.05) is 0 Å². The molecule has 0 unspecified atom stereocenters. The number of sulfonamides is 1. The number of nitrogens with one attached hydrogen (secondary N) is 1. The highest BCUT2D eigenvalue weighted by Gasteiger charge is 2.30. The Morgan fingerprint density at radius 3 is 2.68 bits per heavy atom. The van der Waals surface area contributed by atoms with Gasteiger partial charge < -0.3 is 14.6 Å². The second-order valence-corrected chi connectivity index (χ2v) is 9.97. The van der Waals surface area contributed by atoms with Crippen LogP contribution >= 0.6 is 11.3 Å². The predicted molar refractivity (Wildman–Crippen MR) is 113 cm³/mol. The Balaban J connectivity index is 1.64. The number of rotatable bonds is 5. The van der Waals surface area contributed by atoms with Gasteiger partial charge in [0.15, 0.2) is 11.4 Å². The molecule has 0 bridgehead atoms. The molecule has 1 aromatic carbocycles. The van der Waals surface area contributed by atoms with E-state index >= 15 is 0 Å². The van der Waals surface area contributed by atoms with E-state index < -0.39 is 27.1 Å². The lowest BCUT2D eigenvalue weighted by Crippen LogP contribution is -2.41. The smallest absolute Gasteiger partial charge is 0.274 e. The highest BCUT2D eigenvalue weighted by atomic mass is 32.2. The van der Waals surface area contributed by atoms with Crippen LogP contribution in [-0.2, 0) is 23.1 Å². The standard InChI is InChI=1S/C20H18FN3O5S2/c1-12-9-13(4-5-14(12)21)10-24-7-6-23-11-15(18(25)19(26)17(23)20(24)27)22-31(28,29)16-3-2-8-30-16/h2-5,8-9,11,22,26H,6-7,10H2,1H3. The number of pyridine rings is 1. The summed E-state index contributed by atoms with van der Waals surface area (Å²) in [5, 5.41) is 12.0. The number of fused-ring (bicyclic) bond motifs is 1. The third kappa shape index (κ3) is 3.93. The average Bonchev–Trinajstić information content (AvgIpc) is 3.26. The molecule has 2 aromatic heterocycles. The van der Waals surface area contributed by atoms with Gasteiger partial charge in [-0.25, -0.2) is 12.8 Å². The summed E-state index contributed by atoms with van der Waals surface area (Å²) in [5.41, 5.74) is -0.384. The van der Waals surface area contributed by atoms with Crippen LogP contribution in [0.4, 0.5) is 10.1 Å². The Hall–Kier alpha value is -3.18. The number of halogens is 1. The number of hydrogen-bond donors (Lipinski definition) is 2. The Bertz CT molecular complexity index is 1330. The van der Waals surface area contributed by atoms with Crippen LogP contribution in [0.1, 0.15) is 21.6 Å². The van der Waals surface area contributed by atoms with Gasteiger partial charge in [-0.05, 0) is 35.6 Å². The van der Waals surface area contributed by atoms with E-state index in [1.54, 1.807) is 30.5 Å². The Morgan fingerprint density at radius 2 is 2.00 bits per heavy atom. The summed E-state index contributed by atoms with van der Waals surface area (Å²) in [6.07, 6.45) is 1.22. The van der Waals surface area contributed by atoms with Crippen LogP contribution in [0.15, 0.2) is 50.9 Å².